The SMILES string of the molecule is c1ccc(-c2cc(-c3ccc4c(c3)Sc3cc(N(c5ccccc5)c5ccccc5)cc5c6c7ccccc7ccc6n-4c35)cc(-c3ccccc3)n2)cc1. The molecule has 4 heteroatoms. The largest absolute Gasteiger partial charge is 0.310 e. The molecular formula is C51H33N3S. The van der Waals surface area contributed by atoms with Crippen LogP contribution in [0.4, 0.5) is 17.1 Å². The highest BCUT2D eigenvalue weighted by Gasteiger charge is 2.27. The molecule has 1 aliphatic heterocycles. The topological polar surface area (TPSA) is 21.1 Å². The molecule has 0 N–H and O–H groups in total. The van der Waals surface area contributed by atoms with Crippen molar-refractivity contribution in [2.45, 2.75) is 9.79 Å². The number of para-hydroxylation sites is 2. The van der Waals surface area contributed by atoms with E-state index in [9.17, 15) is 0 Å². The molecule has 0 amide bonds. The summed E-state index contributed by atoms with van der Waals surface area (Å²) in [5.74, 6) is 0. The molecular weight excluding hydrogens is 687 g/mol. The molecule has 11 rings (SSSR count). The van der Waals surface area contributed by atoms with Crippen molar-refractivity contribution in [1.29, 1.82) is 0 Å². The minimum Gasteiger partial charge on any atom is -0.310 e. The minimum atomic E-state index is 0.962. The van der Waals surface area contributed by atoms with Crippen LogP contribution in [0.5, 0.6) is 0 Å². The molecule has 2 aromatic heterocycles. The number of anilines is 3. The molecule has 10 aromatic rings. The molecule has 258 valence electrons. The average Bonchev–Trinajstić information content (AvgIpc) is 3.60. The van der Waals surface area contributed by atoms with Crippen molar-refractivity contribution in [2.75, 3.05) is 4.90 Å². The summed E-state index contributed by atoms with van der Waals surface area (Å²) in [4.78, 5) is 9.99. The molecule has 3 heterocycles. The van der Waals surface area contributed by atoms with Crippen molar-refractivity contribution in [3.63, 3.8) is 0 Å². The number of pyridine rings is 1. The van der Waals surface area contributed by atoms with Gasteiger partial charge in [-0.2, -0.15) is 0 Å². The van der Waals surface area contributed by atoms with Gasteiger partial charge in [-0.1, -0.05) is 145 Å². The number of fused-ring (bicyclic) bond motifs is 7. The number of aromatic nitrogens is 2. The van der Waals surface area contributed by atoms with E-state index in [0.717, 1.165) is 50.7 Å². The third-order valence-corrected chi connectivity index (χ3v) is 11.8. The van der Waals surface area contributed by atoms with E-state index in [1.807, 2.05) is 11.8 Å². The molecule has 0 bridgehead atoms. The van der Waals surface area contributed by atoms with Gasteiger partial charge in [-0.25, -0.2) is 4.98 Å². The summed E-state index contributed by atoms with van der Waals surface area (Å²) >= 11 is 1.86. The van der Waals surface area contributed by atoms with E-state index in [1.54, 1.807) is 0 Å². The Morgan fingerprint density at radius 1 is 0.418 bits per heavy atom. The molecule has 3 nitrogen and oxygen atoms in total. The zero-order valence-corrected chi connectivity index (χ0v) is 30.6. The van der Waals surface area contributed by atoms with Gasteiger partial charge < -0.3 is 9.47 Å². The van der Waals surface area contributed by atoms with E-state index in [0.29, 0.717) is 0 Å². The number of benzene rings is 8. The van der Waals surface area contributed by atoms with E-state index in [4.69, 9.17) is 4.98 Å². The zero-order chi connectivity index (χ0) is 36.3. The summed E-state index contributed by atoms with van der Waals surface area (Å²) in [6.45, 7) is 0. The quantitative estimate of drug-likeness (QED) is 0.171. The lowest BCUT2D eigenvalue weighted by Gasteiger charge is -2.27. The van der Waals surface area contributed by atoms with Crippen LogP contribution in [0.3, 0.4) is 0 Å². The van der Waals surface area contributed by atoms with Gasteiger partial charge in [0.2, 0.25) is 0 Å². The Labute approximate surface area is 323 Å². The fourth-order valence-electron chi connectivity index (χ4n) is 8.21. The normalized spacial score (nSPS) is 11.9. The number of nitrogens with zero attached hydrogens (tertiary/aromatic N) is 3. The van der Waals surface area contributed by atoms with E-state index >= 15 is 0 Å². The maximum atomic E-state index is 5.16. The van der Waals surface area contributed by atoms with Gasteiger partial charge in [-0.05, 0) is 88.6 Å². The van der Waals surface area contributed by atoms with Crippen molar-refractivity contribution in [3.05, 3.63) is 200 Å². The van der Waals surface area contributed by atoms with E-state index in [-0.39, 0.29) is 0 Å². The van der Waals surface area contributed by atoms with Gasteiger partial charge in [0.05, 0.1) is 28.1 Å². The Balaban J connectivity index is 1.15. The van der Waals surface area contributed by atoms with Crippen molar-refractivity contribution < 1.29 is 0 Å². The monoisotopic (exact) mass is 719 g/mol. The first-order valence-corrected chi connectivity index (χ1v) is 19.4. The van der Waals surface area contributed by atoms with Crippen molar-refractivity contribution >= 4 is 61.4 Å². The summed E-state index contributed by atoms with van der Waals surface area (Å²) in [6.07, 6.45) is 0. The van der Waals surface area contributed by atoms with Gasteiger partial charge in [0.1, 0.15) is 0 Å². The Morgan fingerprint density at radius 2 is 1.02 bits per heavy atom. The summed E-state index contributed by atoms with van der Waals surface area (Å²) in [7, 11) is 0. The predicted octanol–water partition coefficient (Wildman–Crippen LogP) is 14.3. The molecule has 0 atom stereocenters. The van der Waals surface area contributed by atoms with Gasteiger partial charge in [0.25, 0.3) is 0 Å². The molecule has 0 unspecified atom stereocenters. The first kappa shape index (κ1) is 31.6. The highest BCUT2D eigenvalue weighted by Crippen LogP contribution is 2.51. The molecule has 0 saturated carbocycles. The van der Waals surface area contributed by atoms with Gasteiger partial charge in [-0.3, -0.25) is 0 Å². The Bertz CT molecular complexity index is 2950. The fourth-order valence-corrected chi connectivity index (χ4v) is 9.38. The molecule has 0 fully saturated rings. The van der Waals surface area contributed by atoms with Crippen LogP contribution in [0, 0.1) is 0 Å². The molecule has 8 aromatic carbocycles. The maximum Gasteiger partial charge on any atom is 0.0715 e. The molecule has 0 aliphatic carbocycles. The Hall–Kier alpha value is -6.88. The minimum absolute atomic E-state index is 0.962. The first-order valence-electron chi connectivity index (χ1n) is 18.6. The van der Waals surface area contributed by atoms with Crippen molar-refractivity contribution in [1.82, 2.24) is 9.55 Å². The fraction of sp³-hybridized carbons (Fsp3) is 0. The molecule has 0 spiro atoms. The second kappa shape index (κ2) is 12.9. The van der Waals surface area contributed by atoms with Gasteiger partial charge in [0.15, 0.2) is 0 Å². The second-order valence-corrected chi connectivity index (χ2v) is 15.1. The van der Waals surface area contributed by atoms with E-state index in [1.165, 1.54) is 48.1 Å². The third kappa shape index (κ3) is 5.33. The lowest BCUT2D eigenvalue weighted by molar-refractivity contribution is 1.09. The van der Waals surface area contributed by atoms with Crippen LogP contribution >= 0.6 is 11.8 Å². The molecule has 1 aliphatic rings. The van der Waals surface area contributed by atoms with E-state index in [2.05, 4.69) is 210 Å². The third-order valence-electron chi connectivity index (χ3n) is 10.7. The van der Waals surface area contributed by atoms with E-state index < -0.39 is 0 Å². The highest BCUT2D eigenvalue weighted by molar-refractivity contribution is 7.99. The predicted molar refractivity (Wildman–Crippen MR) is 231 cm³/mol. The highest BCUT2D eigenvalue weighted by atomic mass is 32.2. The Kier molecular flexibility index (Phi) is 7.42. The molecule has 0 saturated heterocycles. The summed E-state index contributed by atoms with van der Waals surface area (Å²) < 4.78 is 2.50. The van der Waals surface area contributed by atoms with Gasteiger partial charge in [-0.15, -0.1) is 0 Å². The molecule has 0 radical (unpaired) electrons. The standard InChI is InChI=1S/C51H33N3S/c1-5-16-35(17-6-1)44-29-38(30-45(52-44)36-18-7-2-8-19-36)37-26-27-46-48(31-37)55-49-33-41(53(39-20-9-3-10-21-39)40-22-11-4-12-23-40)32-43-50-42-24-14-13-15-34(42)25-28-47(50)54(46)51(43)49/h1-33H. The second-order valence-electron chi connectivity index (χ2n) is 14.0. The number of hydrogen-bond donors (Lipinski definition) is 0. The molecule has 55 heavy (non-hydrogen) atoms. The van der Waals surface area contributed by atoms with Crippen LogP contribution in [-0.2, 0) is 0 Å². The summed E-state index contributed by atoms with van der Waals surface area (Å²) in [5.41, 5.74) is 13.5. The summed E-state index contributed by atoms with van der Waals surface area (Å²) in [6, 6.07) is 71.9. The van der Waals surface area contributed by atoms with Crippen LogP contribution in [0.2, 0.25) is 0 Å². The smallest absolute Gasteiger partial charge is 0.0715 e. The first-order chi connectivity index (χ1) is 27.3. The van der Waals surface area contributed by atoms with Crippen LogP contribution in [0.1, 0.15) is 0 Å². The Morgan fingerprint density at radius 3 is 1.67 bits per heavy atom. The van der Waals surface area contributed by atoms with Crippen LogP contribution < -0.4 is 4.90 Å². The number of hydrogen-bond acceptors (Lipinski definition) is 3. The lowest BCUT2D eigenvalue weighted by Crippen LogP contribution is -2.10. The maximum absolute atomic E-state index is 5.16. The van der Waals surface area contributed by atoms with Crippen molar-refractivity contribution in [3.8, 4) is 39.3 Å². The van der Waals surface area contributed by atoms with Crippen LogP contribution in [0.25, 0.3) is 71.9 Å². The van der Waals surface area contributed by atoms with Gasteiger partial charge >= 0.3 is 0 Å². The zero-order valence-electron chi connectivity index (χ0n) is 29.8. The number of rotatable bonds is 6. The van der Waals surface area contributed by atoms with Crippen molar-refractivity contribution in [2.24, 2.45) is 0 Å². The average molecular weight is 720 g/mol. The summed E-state index contributed by atoms with van der Waals surface area (Å²) in [5, 5.41) is 5.05. The van der Waals surface area contributed by atoms with Crippen LogP contribution in [0.15, 0.2) is 210 Å². The lowest BCUT2D eigenvalue weighted by atomic mass is 9.99. The van der Waals surface area contributed by atoms with Gasteiger partial charge in [0, 0.05) is 48.8 Å². The van der Waals surface area contributed by atoms with Crippen LogP contribution in [-0.4, -0.2) is 9.55 Å².